The largest absolute Gasteiger partial charge is 0.493 e. The molecule has 0 spiro atoms. The number of methoxy groups -OCH3 is 1. The third-order valence-corrected chi connectivity index (χ3v) is 4.47. The third-order valence-electron chi connectivity index (χ3n) is 4.47. The fourth-order valence-electron chi connectivity index (χ4n) is 2.98. The normalized spacial score (nSPS) is 19.2. The Morgan fingerprint density at radius 2 is 2.08 bits per heavy atom. The Hall–Kier alpha value is -1.75. The number of hydrogen-bond acceptors (Lipinski definition) is 4. The second kappa shape index (κ2) is 8.38. The van der Waals surface area contributed by atoms with Gasteiger partial charge in [0.15, 0.2) is 11.5 Å². The van der Waals surface area contributed by atoms with E-state index in [4.69, 9.17) is 15.2 Å². The van der Waals surface area contributed by atoms with Gasteiger partial charge in [0, 0.05) is 24.7 Å². The molecule has 1 aliphatic rings. The van der Waals surface area contributed by atoms with Gasteiger partial charge in [-0.15, -0.1) is 0 Å². The summed E-state index contributed by atoms with van der Waals surface area (Å²) in [4.78, 5) is 14.7. The van der Waals surface area contributed by atoms with Crippen LogP contribution in [0.2, 0.25) is 0 Å². The van der Waals surface area contributed by atoms with E-state index >= 15 is 0 Å². The molecule has 0 aliphatic carbocycles. The number of ether oxygens (including phenoxy) is 2. The number of carbonyl (C=O) groups excluding carboxylic acids is 1. The molecule has 1 fully saturated rings. The molecule has 5 heteroatoms. The van der Waals surface area contributed by atoms with E-state index in [1.807, 2.05) is 24.0 Å². The van der Waals surface area contributed by atoms with Crippen LogP contribution in [0.5, 0.6) is 11.5 Å². The topological polar surface area (TPSA) is 64.8 Å². The zero-order valence-electron chi connectivity index (χ0n) is 15.2. The lowest BCUT2D eigenvalue weighted by atomic mass is 9.92. The SMILES string of the molecule is COc1cc(C(=O)N2CCC[C@@H]([C@H](C)N)C2)ccc1OCC(C)C. The minimum Gasteiger partial charge on any atom is -0.493 e. The Bertz CT molecular complexity index is 558. The maximum absolute atomic E-state index is 12.8. The molecule has 1 aromatic carbocycles. The van der Waals surface area contributed by atoms with Crippen molar-refractivity contribution in [2.75, 3.05) is 26.8 Å². The summed E-state index contributed by atoms with van der Waals surface area (Å²) in [5.74, 6) is 2.11. The summed E-state index contributed by atoms with van der Waals surface area (Å²) in [6.45, 7) is 8.33. The van der Waals surface area contributed by atoms with Gasteiger partial charge in [-0.05, 0) is 49.8 Å². The first-order valence-corrected chi connectivity index (χ1v) is 8.78. The Morgan fingerprint density at radius 3 is 2.71 bits per heavy atom. The predicted molar refractivity (Wildman–Crippen MR) is 95.6 cm³/mol. The molecule has 5 nitrogen and oxygen atoms in total. The molecule has 0 bridgehead atoms. The van der Waals surface area contributed by atoms with Crippen molar-refractivity contribution < 1.29 is 14.3 Å². The second-order valence-corrected chi connectivity index (χ2v) is 7.08. The molecule has 0 unspecified atom stereocenters. The summed E-state index contributed by atoms with van der Waals surface area (Å²) < 4.78 is 11.2. The summed E-state index contributed by atoms with van der Waals surface area (Å²) in [6.07, 6.45) is 2.09. The molecule has 1 aromatic rings. The first kappa shape index (κ1) is 18.6. The number of nitrogens with zero attached hydrogens (tertiary/aromatic N) is 1. The van der Waals surface area contributed by atoms with Crippen molar-refractivity contribution in [3.05, 3.63) is 23.8 Å². The molecule has 1 saturated heterocycles. The molecular weight excluding hydrogens is 304 g/mol. The highest BCUT2D eigenvalue weighted by molar-refractivity contribution is 5.95. The average molecular weight is 334 g/mol. The zero-order valence-corrected chi connectivity index (χ0v) is 15.2. The van der Waals surface area contributed by atoms with Crippen LogP contribution >= 0.6 is 0 Å². The summed E-state index contributed by atoms with van der Waals surface area (Å²) >= 11 is 0. The molecule has 0 saturated carbocycles. The molecule has 1 heterocycles. The first-order chi connectivity index (χ1) is 11.4. The maximum Gasteiger partial charge on any atom is 0.254 e. The van der Waals surface area contributed by atoms with Crippen LogP contribution in [0.3, 0.4) is 0 Å². The summed E-state index contributed by atoms with van der Waals surface area (Å²) in [6, 6.07) is 5.52. The van der Waals surface area contributed by atoms with Gasteiger partial charge in [0.2, 0.25) is 0 Å². The first-order valence-electron chi connectivity index (χ1n) is 8.78. The fourth-order valence-corrected chi connectivity index (χ4v) is 2.98. The molecule has 2 rings (SSSR count). The van der Waals surface area contributed by atoms with Gasteiger partial charge in [-0.3, -0.25) is 4.79 Å². The van der Waals surface area contributed by atoms with Crippen LogP contribution in [0.15, 0.2) is 18.2 Å². The summed E-state index contributed by atoms with van der Waals surface area (Å²) in [5.41, 5.74) is 6.65. The highest BCUT2D eigenvalue weighted by Crippen LogP contribution is 2.30. The van der Waals surface area contributed by atoms with E-state index in [1.165, 1.54) is 0 Å². The Labute approximate surface area is 145 Å². The molecule has 134 valence electrons. The van der Waals surface area contributed by atoms with E-state index in [0.717, 1.165) is 25.9 Å². The van der Waals surface area contributed by atoms with E-state index in [9.17, 15) is 4.79 Å². The number of nitrogens with two attached hydrogens (primary N) is 1. The molecule has 0 aromatic heterocycles. The molecule has 2 N–H and O–H groups in total. The number of likely N-dealkylation sites (tertiary alicyclic amines) is 1. The minimum absolute atomic E-state index is 0.0362. The number of amides is 1. The number of carbonyl (C=O) groups is 1. The van der Waals surface area contributed by atoms with Crippen molar-refractivity contribution in [3.8, 4) is 11.5 Å². The fraction of sp³-hybridized carbons (Fsp3) is 0.632. The molecular formula is C19H30N2O3. The Kier molecular flexibility index (Phi) is 6.49. The van der Waals surface area contributed by atoms with E-state index < -0.39 is 0 Å². The van der Waals surface area contributed by atoms with Crippen molar-refractivity contribution in [1.29, 1.82) is 0 Å². The number of benzene rings is 1. The number of rotatable bonds is 6. The lowest BCUT2D eigenvalue weighted by Crippen LogP contribution is -2.45. The van der Waals surface area contributed by atoms with Crippen molar-refractivity contribution in [2.24, 2.45) is 17.6 Å². The third kappa shape index (κ3) is 4.63. The van der Waals surface area contributed by atoms with Gasteiger partial charge in [0.05, 0.1) is 13.7 Å². The van der Waals surface area contributed by atoms with E-state index in [-0.39, 0.29) is 11.9 Å². The predicted octanol–water partition coefficient (Wildman–Crippen LogP) is 2.93. The summed E-state index contributed by atoms with van der Waals surface area (Å²) in [5, 5.41) is 0. The van der Waals surface area contributed by atoms with Gasteiger partial charge in [0.25, 0.3) is 5.91 Å². The van der Waals surface area contributed by atoms with Crippen molar-refractivity contribution >= 4 is 5.91 Å². The monoisotopic (exact) mass is 334 g/mol. The highest BCUT2D eigenvalue weighted by Gasteiger charge is 2.27. The van der Waals surface area contributed by atoms with E-state index in [0.29, 0.717) is 35.5 Å². The lowest BCUT2D eigenvalue weighted by Gasteiger charge is -2.34. The summed E-state index contributed by atoms with van der Waals surface area (Å²) in [7, 11) is 1.60. The average Bonchev–Trinajstić information content (AvgIpc) is 2.59. The highest BCUT2D eigenvalue weighted by atomic mass is 16.5. The molecule has 24 heavy (non-hydrogen) atoms. The van der Waals surface area contributed by atoms with Gasteiger partial charge in [0.1, 0.15) is 0 Å². The van der Waals surface area contributed by atoms with Gasteiger partial charge in [-0.2, -0.15) is 0 Å². The van der Waals surface area contributed by atoms with Crippen LogP contribution in [-0.4, -0.2) is 43.7 Å². The van der Waals surface area contributed by atoms with Gasteiger partial charge in [-0.1, -0.05) is 13.8 Å². The molecule has 1 aliphatic heterocycles. The number of piperidine rings is 1. The quantitative estimate of drug-likeness (QED) is 0.869. The smallest absolute Gasteiger partial charge is 0.254 e. The molecule has 1 amide bonds. The van der Waals surface area contributed by atoms with E-state index in [2.05, 4.69) is 13.8 Å². The van der Waals surface area contributed by atoms with Gasteiger partial charge in [-0.25, -0.2) is 0 Å². The van der Waals surface area contributed by atoms with Crippen LogP contribution in [0.4, 0.5) is 0 Å². The number of hydrogen-bond donors (Lipinski definition) is 1. The molecule has 2 atom stereocenters. The van der Waals surface area contributed by atoms with Crippen molar-refractivity contribution in [3.63, 3.8) is 0 Å². The van der Waals surface area contributed by atoms with Crippen molar-refractivity contribution in [1.82, 2.24) is 4.90 Å². The van der Waals surface area contributed by atoms with E-state index in [1.54, 1.807) is 13.2 Å². The lowest BCUT2D eigenvalue weighted by molar-refractivity contribution is 0.0660. The van der Waals surface area contributed by atoms with Crippen molar-refractivity contribution in [2.45, 2.75) is 39.7 Å². The Morgan fingerprint density at radius 1 is 1.33 bits per heavy atom. The van der Waals surface area contributed by atoms with Crippen LogP contribution in [0.1, 0.15) is 44.0 Å². The van der Waals surface area contributed by atoms with Crippen LogP contribution in [-0.2, 0) is 0 Å². The maximum atomic E-state index is 12.8. The standard InChI is InChI=1S/C19H30N2O3/c1-13(2)12-24-17-8-7-15(10-18(17)23-4)19(22)21-9-5-6-16(11-21)14(3)20/h7-8,10,13-14,16H,5-6,9,11-12,20H2,1-4H3/t14-,16+/m0/s1. The van der Waals surface area contributed by atoms with Crippen LogP contribution in [0, 0.1) is 11.8 Å². The van der Waals surface area contributed by atoms with Crippen LogP contribution < -0.4 is 15.2 Å². The van der Waals surface area contributed by atoms with Crippen LogP contribution in [0.25, 0.3) is 0 Å². The Balaban J connectivity index is 2.11. The second-order valence-electron chi connectivity index (χ2n) is 7.08. The molecule has 0 radical (unpaired) electrons. The zero-order chi connectivity index (χ0) is 17.7. The van der Waals surface area contributed by atoms with Gasteiger partial charge < -0.3 is 20.1 Å². The minimum atomic E-state index is 0.0362. The van der Waals surface area contributed by atoms with Gasteiger partial charge >= 0.3 is 0 Å².